The van der Waals surface area contributed by atoms with Gasteiger partial charge in [-0.05, 0) is 5.56 Å². The molecular formula is C14H13NO. The lowest BCUT2D eigenvalue weighted by Gasteiger charge is -2.00. The zero-order valence-corrected chi connectivity index (χ0v) is 9.16. The van der Waals surface area contributed by atoms with Gasteiger partial charge in [-0.15, -0.1) is 0 Å². The molecule has 1 aromatic carbocycles. The van der Waals surface area contributed by atoms with E-state index in [1.165, 1.54) is 0 Å². The third-order valence-corrected chi connectivity index (χ3v) is 2.61. The van der Waals surface area contributed by atoms with Crippen molar-refractivity contribution in [1.29, 1.82) is 0 Å². The van der Waals surface area contributed by atoms with E-state index in [0.717, 1.165) is 16.7 Å². The average molecular weight is 211 g/mol. The Kier molecular flexibility index (Phi) is 2.73. The summed E-state index contributed by atoms with van der Waals surface area (Å²) in [5, 5.41) is 2.96. The van der Waals surface area contributed by atoms with Crippen molar-refractivity contribution in [2.75, 3.05) is 7.05 Å². The summed E-state index contributed by atoms with van der Waals surface area (Å²) in [5.41, 5.74) is 3.33. The van der Waals surface area contributed by atoms with Gasteiger partial charge in [0.25, 0.3) is 0 Å². The number of ketones is 1. The van der Waals surface area contributed by atoms with Crippen molar-refractivity contribution in [2.24, 2.45) is 0 Å². The van der Waals surface area contributed by atoms with E-state index in [0.29, 0.717) is 5.70 Å². The molecule has 0 unspecified atom stereocenters. The summed E-state index contributed by atoms with van der Waals surface area (Å²) in [5.74, 6) is 0.0572. The Balaban J connectivity index is 2.60. The minimum Gasteiger partial charge on any atom is -0.384 e. The third-order valence-electron chi connectivity index (χ3n) is 2.61. The van der Waals surface area contributed by atoms with Crippen molar-refractivity contribution < 1.29 is 4.79 Å². The van der Waals surface area contributed by atoms with Gasteiger partial charge in [0.2, 0.25) is 5.78 Å². The molecule has 0 spiro atoms. The van der Waals surface area contributed by atoms with Crippen LogP contribution >= 0.6 is 0 Å². The van der Waals surface area contributed by atoms with Crippen LogP contribution in [0.15, 0.2) is 54.8 Å². The van der Waals surface area contributed by atoms with Crippen LogP contribution < -0.4 is 5.32 Å². The van der Waals surface area contributed by atoms with Gasteiger partial charge in [-0.1, -0.05) is 49.1 Å². The summed E-state index contributed by atoms with van der Waals surface area (Å²) in [6.07, 6.45) is 5.44. The number of likely N-dealkylation sites (N-methyl/N-ethyl adjacent to an activating group) is 1. The lowest BCUT2D eigenvalue weighted by Crippen LogP contribution is -2.13. The number of Topliss-reactive ketones (excluding diaryl/α,β-unsaturated/α-hetero) is 1. The molecule has 2 rings (SSSR count). The second-order valence-corrected chi connectivity index (χ2v) is 3.51. The lowest BCUT2D eigenvalue weighted by atomic mass is 10.1. The fraction of sp³-hybridized carbons (Fsp3) is 0.0714. The van der Waals surface area contributed by atoms with Gasteiger partial charge in [0, 0.05) is 18.2 Å². The first-order valence-electron chi connectivity index (χ1n) is 5.15. The Morgan fingerprint density at radius 2 is 1.94 bits per heavy atom. The van der Waals surface area contributed by atoms with Gasteiger partial charge in [-0.25, -0.2) is 0 Å². The number of rotatable bonds is 3. The first-order valence-corrected chi connectivity index (χ1v) is 5.15. The summed E-state index contributed by atoms with van der Waals surface area (Å²) >= 11 is 0. The molecule has 0 saturated heterocycles. The highest BCUT2D eigenvalue weighted by Gasteiger charge is 2.26. The molecule has 80 valence electrons. The number of hydrogen-bond acceptors (Lipinski definition) is 2. The molecule has 0 bridgehead atoms. The van der Waals surface area contributed by atoms with Gasteiger partial charge >= 0.3 is 0 Å². The molecule has 16 heavy (non-hydrogen) atoms. The molecule has 0 atom stereocenters. The summed E-state index contributed by atoms with van der Waals surface area (Å²) in [6.45, 7) is 3.63. The molecule has 0 heterocycles. The maximum atomic E-state index is 12.0. The lowest BCUT2D eigenvalue weighted by molar-refractivity contribution is 0.103. The van der Waals surface area contributed by atoms with Gasteiger partial charge in [-0.2, -0.15) is 0 Å². The number of allylic oxidation sites excluding steroid dienone is 5. The summed E-state index contributed by atoms with van der Waals surface area (Å²) in [6, 6.07) is 7.63. The highest BCUT2D eigenvalue weighted by molar-refractivity contribution is 6.21. The predicted octanol–water partition coefficient (Wildman–Crippen LogP) is 2.56. The molecule has 2 heteroatoms. The van der Waals surface area contributed by atoms with Gasteiger partial charge in [0.1, 0.15) is 0 Å². The predicted molar refractivity (Wildman–Crippen MR) is 66.1 cm³/mol. The number of carbonyl (C=O) groups is 1. The van der Waals surface area contributed by atoms with Gasteiger partial charge < -0.3 is 5.32 Å². The zero-order valence-electron chi connectivity index (χ0n) is 9.16. The standard InChI is InChI=1S/C14H13NO/c1-3-4-7-11-10-8-5-6-9-12(10)14(16)13(11)15-2/h3-9H,1H2,2H3,(H,15,16)/b7-4-. The monoisotopic (exact) mass is 211 g/mol. The van der Waals surface area contributed by atoms with E-state index in [2.05, 4.69) is 11.9 Å². The molecule has 1 aliphatic carbocycles. The van der Waals surface area contributed by atoms with E-state index in [9.17, 15) is 4.79 Å². The van der Waals surface area contributed by atoms with Gasteiger partial charge in [-0.3, -0.25) is 4.79 Å². The van der Waals surface area contributed by atoms with Crippen molar-refractivity contribution >= 4 is 11.4 Å². The second kappa shape index (κ2) is 4.19. The molecule has 0 radical (unpaired) electrons. The Bertz CT molecular complexity index is 509. The summed E-state index contributed by atoms with van der Waals surface area (Å²) in [4.78, 5) is 12.0. The normalized spacial score (nSPS) is 14.4. The fourth-order valence-corrected chi connectivity index (χ4v) is 1.89. The highest BCUT2D eigenvalue weighted by atomic mass is 16.1. The molecule has 0 aliphatic heterocycles. The number of nitrogens with one attached hydrogen (secondary N) is 1. The van der Waals surface area contributed by atoms with E-state index < -0.39 is 0 Å². The smallest absolute Gasteiger partial charge is 0.210 e. The van der Waals surface area contributed by atoms with Crippen LogP contribution in [-0.2, 0) is 0 Å². The van der Waals surface area contributed by atoms with Crippen LogP contribution in [-0.4, -0.2) is 12.8 Å². The van der Waals surface area contributed by atoms with E-state index in [1.54, 1.807) is 13.1 Å². The summed E-state index contributed by atoms with van der Waals surface area (Å²) in [7, 11) is 1.76. The highest BCUT2D eigenvalue weighted by Crippen LogP contribution is 2.31. The van der Waals surface area contributed by atoms with Crippen LogP contribution in [0.25, 0.3) is 5.57 Å². The molecule has 0 amide bonds. The Labute approximate surface area is 95.0 Å². The van der Waals surface area contributed by atoms with Gasteiger partial charge in [0.05, 0.1) is 5.70 Å². The summed E-state index contributed by atoms with van der Waals surface area (Å²) < 4.78 is 0. The SMILES string of the molecule is C=C/C=C\C1=C(NC)C(=O)c2ccccc21. The number of hydrogen-bond donors (Lipinski definition) is 1. The fourth-order valence-electron chi connectivity index (χ4n) is 1.89. The Morgan fingerprint density at radius 3 is 2.56 bits per heavy atom. The van der Waals surface area contributed by atoms with Crippen molar-refractivity contribution in [3.05, 3.63) is 65.9 Å². The number of carbonyl (C=O) groups excluding carboxylic acids is 1. The minimum atomic E-state index is 0.0572. The topological polar surface area (TPSA) is 29.1 Å². The van der Waals surface area contributed by atoms with E-state index in [-0.39, 0.29) is 5.78 Å². The third kappa shape index (κ3) is 1.48. The molecule has 2 nitrogen and oxygen atoms in total. The van der Waals surface area contributed by atoms with Crippen molar-refractivity contribution in [2.45, 2.75) is 0 Å². The second-order valence-electron chi connectivity index (χ2n) is 3.51. The van der Waals surface area contributed by atoms with Crippen molar-refractivity contribution in [3.63, 3.8) is 0 Å². The van der Waals surface area contributed by atoms with Crippen molar-refractivity contribution in [1.82, 2.24) is 5.32 Å². The zero-order chi connectivity index (χ0) is 11.5. The Morgan fingerprint density at radius 1 is 1.25 bits per heavy atom. The Hall–Kier alpha value is -2.09. The van der Waals surface area contributed by atoms with Crippen LogP contribution in [0.4, 0.5) is 0 Å². The van der Waals surface area contributed by atoms with Crippen LogP contribution in [0.2, 0.25) is 0 Å². The first kappa shape index (κ1) is 10.4. The van der Waals surface area contributed by atoms with Gasteiger partial charge in [0.15, 0.2) is 0 Å². The molecule has 0 aromatic heterocycles. The van der Waals surface area contributed by atoms with Crippen LogP contribution in [0.5, 0.6) is 0 Å². The van der Waals surface area contributed by atoms with E-state index in [4.69, 9.17) is 0 Å². The first-order chi connectivity index (χ1) is 7.79. The number of benzene rings is 1. The van der Waals surface area contributed by atoms with E-state index in [1.807, 2.05) is 36.4 Å². The van der Waals surface area contributed by atoms with Crippen molar-refractivity contribution in [3.8, 4) is 0 Å². The average Bonchev–Trinajstić information content (AvgIpc) is 2.60. The van der Waals surface area contributed by atoms with E-state index >= 15 is 0 Å². The minimum absolute atomic E-state index is 0.0572. The molecule has 1 aromatic rings. The molecule has 0 fully saturated rings. The maximum Gasteiger partial charge on any atom is 0.210 e. The largest absolute Gasteiger partial charge is 0.384 e. The number of fused-ring (bicyclic) bond motifs is 1. The molecular weight excluding hydrogens is 198 g/mol. The molecule has 1 aliphatic rings. The maximum absolute atomic E-state index is 12.0. The molecule has 1 N–H and O–H groups in total. The van der Waals surface area contributed by atoms with Crippen LogP contribution in [0.1, 0.15) is 15.9 Å². The quantitative estimate of drug-likeness (QED) is 0.778. The van der Waals surface area contributed by atoms with Crippen LogP contribution in [0, 0.1) is 0 Å². The molecule has 0 saturated carbocycles. The van der Waals surface area contributed by atoms with Crippen LogP contribution in [0.3, 0.4) is 0 Å².